The maximum absolute atomic E-state index is 12.5. The van der Waals surface area contributed by atoms with E-state index >= 15 is 0 Å². The highest BCUT2D eigenvalue weighted by atomic mass is 32.1. The van der Waals surface area contributed by atoms with Gasteiger partial charge in [-0.3, -0.25) is 9.59 Å². The molecule has 1 atom stereocenters. The Hall–Kier alpha value is -2.92. The van der Waals surface area contributed by atoms with Crippen LogP contribution in [0.3, 0.4) is 0 Å². The molecule has 2 amide bonds. The van der Waals surface area contributed by atoms with Gasteiger partial charge in [-0.2, -0.15) is 0 Å². The van der Waals surface area contributed by atoms with Gasteiger partial charge in [0.1, 0.15) is 0 Å². The van der Waals surface area contributed by atoms with Crippen molar-refractivity contribution in [2.75, 3.05) is 0 Å². The first-order chi connectivity index (χ1) is 12.7. The predicted octanol–water partition coefficient (Wildman–Crippen LogP) is 3.93. The number of hydrogen-bond acceptors (Lipinski definition) is 3. The van der Waals surface area contributed by atoms with Crippen LogP contribution >= 0.6 is 11.3 Å². The SMILES string of the molecule is O=C(C[C@H](NC(=O)c1ccccc1)c1ccccc1)NCc1cccs1. The topological polar surface area (TPSA) is 58.2 Å². The van der Waals surface area contributed by atoms with Gasteiger partial charge in [0.2, 0.25) is 5.91 Å². The summed E-state index contributed by atoms with van der Waals surface area (Å²) in [6.07, 6.45) is 0.188. The summed E-state index contributed by atoms with van der Waals surface area (Å²) in [5.41, 5.74) is 1.48. The Morgan fingerprint density at radius 1 is 0.885 bits per heavy atom. The maximum atomic E-state index is 12.5. The monoisotopic (exact) mass is 364 g/mol. The van der Waals surface area contributed by atoms with Gasteiger partial charge in [-0.15, -0.1) is 11.3 Å². The number of amides is 2. The van der Waals surface area contributed by atoms with Crippen LogP contribution in [-0.4, -0.2) is 11.8 Å². The zero-order valence-electron chi connectivity index (χ0n) is 14.2. The molecule has 0 aliphatic heterocycles. The average Bonchev–Trinajstić information content (AvgIpc) is 3.21. The lowest BCUT2D eigenvalue weighted by Gasteiger charge is -2.19. The van der Waals surface area contributed by atoms with Crippen molar-refractivity contribution in [2.24, 2.45) is 0 Å². The van der Waals surface area contributed by atoms with Crippen LogP contribution in [0.25, 0.3) is 0 Å². The Morgan fingerprint density at radius 2 is 1.58 bits per heavy atom. The number of benzene rings is 2. The summed E-state index contributed by atoms with van der Waals surface area (Å²) in [7, 11) is 0. The third-order valence-corrected chi connectivity index (χ3v) is 4.85. The van der Waals surface area contributed by atoms with Crippen LogP contribution in [0, 0.1) is 0 Å². The fourth-order valence-corrected chi connectivity index (χ4v) is 3.27. The number of thiophene rings is 1. The van der Waals surface area contributed by atoms with Crippen LogP contribution in [-0.2, 0) is 11.3 Å². The van der Waals surface area contributed by atoms with E-state index in [-0.39, 0.29) is 24.3 Å². The minimum Gasteiger partial charge on any atom is -0.351 e. The number of hydrogen-bond donors (Lipinski definition) is 2. The van der Waals surface area contributed by atoms with Gasteiger partial charge in [-0.25, -0.2) is 0 Å². The largest absolute Gasteiger partial charge is 0.351 e. The van der Waals surface area contributed by atoms with E-state index < -0.39 is 0 Å². The standard InChI is InChI=1S/C21H20N2O2S/c24-20(22-15-18-12-7-13-26-18)14-19(16-8-3-1-4-9-16)23-21(25)17-10-5-2-6-11-17/h1-13,19H,14-15H2,(H,22,24)(H,23,25)/t19-/m0/s1. The van der Waals surface area contributed by atoms with E-state index in [0.717, 1.165) is 10.4 Å². The van der Waals surface area contributed by atoms with E-state index in [1.807, 2.05) is 66.0 Å². The van der Waals surface area contributed by atoms with Gasteiger partial charge in [-0.1, -0.05) is 54.6 Å². The lowest BCUT2D eigenvalue weighted by molar-refractivity contribution is -0.121. The number of carbonyl (C=O) groups is 2. The van der Waals surface area contributed by atoms with Gasteiger partial charge >= 0.3 is 0 Å². The Bertz CT molecular complexity index is 833. The molecule has 4 nitrogen and oxygen atoms in total. The lowest BCUT2D eigenvalue weighted by Crippen LogP contribution is -2.33. The third kappa shape index (κ3) is 5.04. The first-order valence-electron chi connectivity index (χ1n) is 8.42. The van der Waals surface area contributed by atoms with Crippen molar-refractivity contribution in [3.8, 4) is 0 Å². The molecule has 0 radical (unpaired) electrons. The Labute approximate surface area is 156 Å². The zero-order valence-corrected chi connectivity index (χ0v) is 15.0. The molecule has 0 saturated carbocycles. The van der Waals surface area contributed by atoms with E-state index in [2.05, 4.69) is 10.6 Å². The molecule has 0 spiro atoms. The summed E-state index contributed by atoms with van der Waals surface area (Å²) in [5, 5.41) is 7.88. The van der Waals surface area contributed by atoms with Crippen LogP contribution in [0.4, 0.5) is 0 Å². The van der Waals surface area contributed by atoms with Gasteiger partial charge in [0.05, 0.1) is 19.0 Å². The second kappa shape index (κ2) is 8.97. The van der Waals surface area contributed by atoms with Crippen LogP contribution in [0.1, 0.15) is 33.3 Å². The predicted molar refractivity (Wildman–Crippen MR) is 104 cm³/mol. The van der Waals surface area contributed by atoms with Crippen molar-refractivity contribution in [3.05, 3.63) is 94.2 Å². The summed E-state index contributed by atoms with van der Waals surface area (Å²) in [4.78, 5) is 26.0. The molecule has 132 valence electrons. The number of carbonyl (C=O) groups excluding carboxylic acids is 2. The summed E-state index contributed by atoms with van der Waals surface area (Å²) in [6.45, 7) is 0.505. The van der Waals surface area contributed by atoms with E-state index in [1.165, 1.54) is 0 Å². The van der Waals surface area contributed by atoms with Crippen molar-refractivity contribution in [2.45, 2.75) is 19.0 Å². The molecular formula is C21H20N2O2S. The smallest absolute Gasteiger partial charge is 0.251 e. The molecule has 0 bridgehead atoms. The van der Waals surface area contributed by atoms with Crippen LogP contribution < -0.4 is 10.6 Å². The molecule has 5 heteroatoms. The highest BCUT2D eigenvalue weighted by Gasteiger charge is 2.19. The molecule has 1 heterocycles. The minimum absolute atomic E-state index is 0.0967. The highest BCUT2D eigenvalue weighted by molar-refractivity contribution is 7.09. The molecule has 0 unspecified atom stereocenters. The normalized spacial score (nSPS) is 11.5. The molecule has 26 heavy (non-hydrogen) atoms. The van der Waals surface area contributed by atoms with E-state index in [1.54, 1.807) is 23.5 Å². The molecule has 3 rings (SSSR count). The van der Waals surface area contributed by atoms with Crippen LogP contribution in [0.5, 0.6) is 0 Å². The van der Waals surface area contributed by atoms with Crippen molar-refractivity contribution < 1.29 is 9.59 Å². The van der Waals surface area contributed by atoms with Gasteiger partial charge in [0, 0.05) is 10.4 Å². The Kier molecular flexibility index (Phi) is 6.17. The first-order valence-corrected chi connectivity index (χ1v) is 9.30. The molecule has 3 aromatic rings. The third-order valence-electron chi connectivity index (χ3n) is 3.97. The zero-order chi connectivity index (χ0) is 18.2. The van der Waals surface area contributed by atoms with Gasteiger partial charge < -0.3 is 10.6 Å². The van der Waals surface area contributed by atoms with Crippen LogP contribution in [0.2, 0.25) is 0 Å². The fraction of sp³-hybridized carbons (Fsp3) is 0.143. The van der Waals surface area contributed by atoms with Crippen molar-refractivity contribution >= 4 is 23.2 Å². The minimum atomic E-state index is -0.382. The van der Waals surface area contributed by atoms with Crippen molar-refractivity contribution in [1.82, 2.24) is 10.6 Å². The second-order valence-corrected chi connectivity index (χ2v) is 6.90. The van der Waals surface area contributed by atoms with Crippen LogP contribution in [0.15, 0.2) is 78.2 Å². The molecular weight excluding hydrogens is 344 g/mol. The van der Waals surface area contributed by atoms with Gasteiger partial charge in [0.25, 0.3) is 5.91 Å². The summed E-state index contributed by atoms with van der Waals surface area (Å²) in [6, 6.07) is 22.1. The van der Waals surface area contributed by atoms with Crippen molar-refractivity contribution in [3.63, 3.8) is 0 Å². The molecule has 1 aromatic heterocycles. The number of rotatable bonds is 7. The van der Waals surface area contributed by atoms with E-state index in [9.17, 15) is 9.59 Å². The molecule has 0 saturated heterocycles. The summed E-state index contributed by atoms with van der Waals surface area (Å²) in [5.74, 6) is -0.286. The summed E-state index contributed by atoms with van der Waals surface area (Å²) < 4.78 is 0. The molecule has 0 aliphatic carbocycles. The lowest BCUT2D eigenvalue weighted by atomic mass is 10.0. The Morgan fingerprint density at radius 3 is 2.23 bits per heavy atom. The van der Waals surface area contributed by atoms with E-state index in [0.29, 0.717) is 12.1 Å². The quantitative estimate of drug-likeness (QED) is 0.667. The number of nitrogens with one attached hydrogen (secondary N) is 2. The second-order valence-electron chi connectivity index (χ2n) is 5.86. The van der Waals surface area contributed by atoms with Gasteiger partial charge in [-0.05, 0) is 29.1 Å². The maximum Gasteiger partial charge on any atom is 0.251 e. The van der Waals surface area contributed by atoms with Crippen molar-refractivity contribution in [1.29, 1.82) is 0 Å². The molecule has 2 aromatic carbocycles. The molecule has 0 aliphatic rings. The van der Waals surface area contributed by atoms with Gasteiger partial charge in [0.15, 0.2) is 0 Å². The Balaban J connectivity index is 1.67. The highest BCUT2D eigenvalue weighted by Crippen LogP contribution is 2.18. The van der Waals surface area contributed by atoms with E-state index in [4.69, 9.17) is 0 Å². The fourth-order valence-electron chi connectivity index (χ4n) is 2.63. The summed E-state index contributed by atoms with van der Waals surface area (Å²) >= 11 is 1.60. The average molecular weight is 364 g/mol. The first kappa shape index (κ1) is 17.9. The molecule has 0 fully saturated rings. The molecule has 2 N–H and O–H groups in total.